The number of aliphatic carboxylic acids is 1. The van der Waals surface area contributed by atoms with Crippen molar-refractivity contribution in [3.63, 3.8) is 0 Å². The molecular formula is C5H10NO4P. The maximum atomic E-state index is 10.3. The summed E-state index contributed by atoms with van der Waals surface area (Å²) in [4.78, 5) is 30.0. The highest BCUT2D eigenvalue weighted by atomic mass is 31.1. The number of hydrogen-bond donors (Lipinski definition) is 2. The molecule has 0 saturated heterocycles. The molecule has 5 nitrogen and oxygen atoms in total. The highest BCUT2D eigenvalue weighted by Crippen LogP contribution is 2.02. The van der Waals surface area contributed by atoms with Gasteiger partial charge < -0.3 is 10.00 Å². The minimum absolute atomic E-state index is 0.777. The number of rotatable bonds is 3. The standard InChI is InChI=1S/C5H10NO4P/c1-4(5(7)8)6(2)3-11(9)10/h3-4H,1-2H3,(H,7,8)(H,9,10). The Morgan fingerprint density at radius 1 is 1.82 bits per heavy atom. The van der Waals surface area contributed by atoms with Crippen molar-refractivity contribution in [2.75, 3.05) is 7.05 Å². The molecule has 2 unspecified atom stereocenters. The second-order valence-corrected chi connectivity index (χ2v) is 2.93. The first-order valence-corrected chi connectivity index (χ1v) is 4.18. The topological polar surface area (TPSA) is 83.8 Å². The van der Waals surface area contributed by atoms with Crippen LogP contribution in [0.2, 0.25) is 0 Å². The van der Waals surface area contributed by atoms with Crippen LogP contribution in [0.15, 0.2) is 0 Å². The largest absolute Gasteiger partial charge is 0.602 e. The summed E-state index contributed by atoms with van der Waals surface area (Å²) >= 11 is 0. The van der Waals surface area contributed by atoms with Gasteiger partial charge in [-0.1, -0.05) is 0 Å². The smallest absolute Gasteiger partial charge is 0.321 e. The van der Waals surface area contributed by atoms with Crippen LogP contribution in [0, 0.1) is 0 Å². The maximum Gasteiger partial charge on any atom is 0.321 e. The number of nitrogens with zero attached hydrogens (tertiary/aromatic N) is 1. The van der Waals surface area contributed by atoms with Crippen molar-refractivity contribution in [1.82, 2.24) is 4.90 Å². The molecule has 6 heteroatoms. The average molecular weight is 179 g/mol. The van der Waals surface area contributed by atoms with E-state index in [1.54, 1.807) is 0 Å². The second-order valence-electron chi connectivity index (χ2n) is 2.10. The molecule has 0 aliphatic carbocycles. The molecule has 0 radical (unpaired) electrons. The molecule has 0 aliphatic rings. The van der Waals surface area contributed by atoms with E-state index in [1.807, 2.05) is 0 Å². The number of carboxylic acids is 1. The molecule has 0 amide bonds. The third kappa shape index (κ3) is 4.06. The summed E-state index contributed by atoms with van der Waals surface area (Å²) in [6.07, 6.45) is 0. The van der Waals surface area contributed by atoms with E-state index in [9.17, 15) is 9.69 Å². The van der Waals surface area contributed by atoms with E-state index in [-0.39, 0.29) is 0 Å². The monoisotopic (exact) mass is 179 g/mol. The molecule has 0 rings (SSSR count). The third-order valence-corrected chi connectivity index (χ3v) is 1.81. The van der Waals surface area contributed by atoms with Crippen molar-refractivity contribution in [3.05, 3.63) is 0 Å². The first-order chi connectivity index (χ1) is 4.95. The second kappa shape index (κ2) is 4.41. The van der Waals surface area contributed by atoms with Crippen LogP contribution in [-0.2, 0) is 4.79 Å². The van der Waals surface area contributed by atoms with Gasteiger partial charge in [-0.05, 0) is 14.0 Å². The first-order valence-electron chi connectivity index (χ1n) is 2.90. The van der Waals surface area contributed by atoms with Gasteiger partial charge in [0.25, 0.3) is 0 Å². The van der Waals surface area contributed by atoms with Crippen LogP contribution in [0.4, 0.5) is 0 Å². The Morgan fingerprint density at radius 3 is 2.55 bits per heavy atom. The van der Waals surface area contributed by atoms with Crippen molar-refractivity contribution in [2.45, 2.75) is 13.0 Å². The summed E-state index contributed by atoms with van der Waals surface area (Å²) in [7, 11) is -0.977. The molecule has 0 heterocycles. The fraction of sp³-hybridized carbons (Fsp3) is 0.600. The van der Waals surface area contributed by atoms with Gasteiger partial charge in [-0.15, -0.1) is 0 Å². The molecule has 0 saturated carbocycles. The van der Waals surface area contributed by atoms with Gasteiger partial charge in [0.2, 0.25) is 8.00 Å². The lowest BCUT2D eigenvalue weighted by Gasteiger charge is -2.12. The summed E-state index contributed by atoms with van der Waals surface area (Å²) in [6.45, 7) is 1.43. The molecule has 64 valence electrons. The molecule has 2 atom stereocenters. The van der Waals surface area contributed by atoms with Gasteiger partial charge in [-0.2, -0.15) is 4.89 Å². The number of carboxylic acid groups (broad SMARTS) is 1. The Bertz CT molecular complexity index is 177. The number of carbonyl (C=O) groups is 1. The third-order valence-electron chi connectivity index (χ3n) is 1.25. The maximum absolute atomic E-state index is 10.3. The van der Waals surface area contributed by atoms with E-state index in [4.69, 9.17) is 10.00 Å². The number of likely N-dealkylation sites (N-methyl/N-ethyl adjacent to an activating group) is 1. The zero-order valence-corrected chi connectivity index (χ0v) is 7.15. The molecule has 11 heavy (non-hydrogen) atoms. The average Bonchev–Trinajstić information content (AvgIpc) is 1.84. The molecule has 0 aromatic heterocycles. The van der Waals surface area contributed by atoms with Gasteiger partial charge in [0.15, 0.2) is 5.92 Å². The van der Waals surface area contributed by atoms with Gasteiger partial charge in [0.1, 0.15) is 6.04 Å². The van der Waals surface area contributed by atoms with Crippen molar-refractivity contribution in [2.24, 2.45) is 0 Å². The van der Waals surface area contributed by atoms with Crippen LogP contribution in [0.5, 0.6) is 0 Å². The Morgan fingerprint density at radius 2 is 2.27 bits per heavy atom. The van der Waals surface area contributed by atoms with Gasteiger partial charge in [0.05, 0.1) is 0 Å². The fourth-order valence-electron chi connectivity index (χ4n) is 0.430. The lowest BCUT2D eigenvalue weighted by atomic mass is 10.3. The van der Waals surface area contributed by atoms with Crippen LogP contribution in [0.1, 0.15) is 6.92 Å². The highest BCUT2D eigenvalue weighted by molar-refractivity contribution is 7.43. The van der Waals surface area contributed by atoms with E-state index in [1.165, 1.54) is 18.9 Å². The molecule has 0 spiro atoms. The molecule has 0 aliphatic heterocycles. The Hall–Kier alpha value is -0.480. The van der Waals surface area contributed by atoms with E-state index >= 15 is 0 Å². The fourth-order valence-corrected chi connectivity index (χ4v) is 0.942. The predicted molar refractivity (Wildman–Crippen MR) is 40.1 cm³/mol. The van der Waals surface area contributed by atoms with E-state index in [0.717, 1.165) is 5.92 Å². The summed E-state index contributed by atoms with van der Waals surface area (Å²) in [5.74, 6) is -0.0608. The summed E-state index contributed by atoms with van der Waals surface area (Å²) in [5.41, 5.74) is 0. The van der Waals surface area contributed by atoms with E-state index in [0.29, 0.717) is 0 Å². The summed E-state index contributed by atoms with van der Waals surface area (Å²) < 4.78 is 0. The van der Waals surface area contributed by atoms with Crippen LogP contribution in [0.3, 0.4) is 0 Å². The quantitative estimate of drug-likeness (QED) is 0.532. The van der Waals surface area contributed by atoms with Crippen molar-refractivity contribution in [3.8, 4) is 0 Å². The Kier molecular flexibility index (Phi) is 4.22. The summed E-state index contributed by atoms with van der Waals surface area (Å²) in [5, 5.41) is 8.43. The minimum Gasteiger partial charge on any atom is -0.602 e. The van der Waals surface area contributed by atoms with Crippen LogP contribution in [-0.4, -0.2) is 39.9 Å². The SMILES string of the molecule is CC(C(=O)O)N(C)C=[P+]([O-])O. The zero-order chi connectivity index (χ0) is 9.02. The molecule has 0 aromatic carbocycles. The van der Waals surface area contributed by atoms with Gasteiger partial charge in [-0.25, -0.2) is 4.90 Å². The molecule has 2 N–H and O–H groups in total. The van der Waals surface area contributed by atoms with Gasteiger partial charge >= 0.3 is 5.97 Å². The zero-order valence-electron chi connectivity index (χ0n) is 6.26. The molecule has 0 bridgehead atoms. The molecule has 0 aromatic rings. The van der Waals surface area contributed by atoms with Crippen LogP contribution in [0.25, 0.3) is 0 Å². The van der Waals surface area contributed by atoms with Crippen molar-refractivity contribution in [1.29, 1.82) is 0 Å². The molecule has 0 fully saturated rings. The van der Waals surface area contributed by atoms with Crippen LogP contribution >= 0.6 is 8.00 Å². The highest BCUT2D eigenvalue weighted by Gasteiger charge is 2.16. The normalized spacial score (nSPS) is 15.2. The molecular weight excluding hydrogens is 169 g/mol. The first kappa shape index (κ1) is 10.5. The van der Waals surface area contributed by atoms with E-state index < -0.39 is 20.0 Å². The number of hydrogen-bond acceptors (Lipinski definition) is 3. The predicted octanol–water partition coefficient (Wildman–Crippen LogP) is -1.18. The lowest BCUT2D eigenvalue weighted by molar-refractivity contribution is -0.167. The van der Waals surface area contributed by atoms with Gasteiger partial charge in [0, 0.05) is 0 Å². The van der Waals surface area contributed by atoms with Crippen molar-refractivity contribution < 1.29 is 19.7 Å². The lowest BCUT2D eigenvalue weighted by Crippen LogP contribution is -2.34. The summed E-state index contributed by atoms with van der Waals surface area (Å²) in [6, 6.07) is -0.777. The van der Waals surface area contributed by atoms with Crippen LogP contribution < -0.4 is 4.89 Å². The van der Waals surface area contributed by atoms with Crippen molar-refractivity contribution >= 4 is 19.9 Å². The minimum atomic E-state index is -2.41. The van der Waals surface area contributed by atoms with Gasteiger partial charge in [-0.3, -0.25) is 4.79 Å². The Labute approximate surface area is 65.4 Å². The van der Waals surface area contributed by atoms with E-state index in [2.05, 4.69) is 0 Å². The Balaban J connectivity index is 4.14.